The first-order chi connectivity index (χ1) is 9.43. The molecule has 108 valence electrons. The molecule has 0 aliphatic carbocycles. The number of aromatic nitrogens is 2. The lowest BCUT2D eigenvalue weighted by Gasteiger charge is -2.17. The van der Waals surface area contributed by atoms with Crippen LogP contribution in [0.1, 0.15) is 29.9 Å². The van der Waals surface area contributed by atoms with Gasteiger partial charge in [-0.05, 0) is 46.0 Å². The second kappa shape index (κ2) is 5.97. The van der Waals surface area contributed by atoms with Gasteiger partial charge in [0, 0.05) is 23.1 Å². The predicted molar refractivity (Wildman–Crippen MR) is 84.4 cm³/mol. The summed E-state index contributed by atoms with van der Waals surface area (Å²) < 4.78 is 9.01. The SMILES string of the molecule is CNC(C)c1cc(Br)ccc1Oc1c(C)nn(C)c1C. The van der Waals surface area contributed by atoms with Gasteiger partial charge in [-0.2, -0.15) is 5.10 Å². The van der Waals surface area contributed by atoms with Crippen molar-refractivity contribution >= 4 is 15.9 Å². The van der Waals surface area contributed by atoms with Gasteiger partial charge in [0.1, 0.15) is 11.4 Å². The topological polar surface area (TPSA) is 39.1 Å². The zero-order chi connectivity index (χ0) is 14.9. The van der Waals surface area contributed by atoms with Gasteiger partial charge in [-0.1, -0.05) is 15.9 Å². The number of nitrogens with one attached hydrogen (secondary N) is 1. The van der Waals surface area contributed by atoms with Gasteiger partial charge in [0.2, 0.25) is 0 Å². The smallest absolute Gasteiger partial charge is 0.171 e. The van der Waals surface area contributed by atoms with Crippen LogP contribution in [0.4, 0.5) is 0 Å². The number of benzene rings is 1. The minimum absolute atomic E-state index is 0.208. The quantitative estimate of drug-likeness (QED) is 0.920. The lowest BCUT2D eigenvalue weighted by molar-refractivity contribution is 0.459. The standard InChI is InChI=1S/C15H20BrN3O/c1-9(17-4)13-8-12(16)6-7-14(13)20-15-10(2)18-19(5)11(15)3/h6-9,17H,1-5H3. The highest BCUT2D eigenvalue weighted by molar-refractivity contribution is 9.10. The van der Waals surface area contributed by atoms with Crippen LogP contribution in [0, 0.1) is 13.8 Å². The van der Waals surface area contributed by atoms with Crippen LogP contribution in [-0.2, 0) is 7.05 Å². The number of rotatable bonds is 4. The molecule has 1 unspecified atom stereocenters. The van der Waals surface area contributed by atoms with E-state index in [2.05, 4.69) is 39.3 Å². The van der Waals surface area contributed by atoms with E-state index in [9.17, 15) is 0 Å². The van der Waals surface area contributed by atoms with Crippen LogP contribution < -0.4 is 10.1 Å². The molecule has 0 aliphatic heterocycles. The van der Waals surface area contributed by atoms with Crippen molar-refractivity contribution in [1.29, 1.82) is 0 Å². The monoisotopic (exact) mass is 337 g/mol. The molecule has 2 aromatic rings. The molecule has 1 aromatic carbocycles. The van der Waals surface area contributed by atoms with Crippen molar-refractivity contribution in [1.82, 2.24) is 15.1 Å². The highest BCUT2D eigenvalue weighted by Gasteiger charge is 2.16. The number of hydrogen-bond acceptors (Lipinski definition) is 3. The van der Waals surface area contributed by atoms with Crippen molar-refractivity contribution in [2.24, 2.45) is 7.05 Å². The molecule has 0 spiro atoms. The van der Waals surface area contributed by atoms with Crippen molar-refractivity contribution in [2.45, 2.75) is 26.8 Å². The van der Waals surface area contributed by atoms with Crippen LogP contribution in [0.5, 0.6) is 11.5 Å². The zero-order valence-electron chi connectivity index (χ0n) is 12.5. The molecule has 0 fully saturated rings. The normalized spacial score (nSPS) is 12.5. The van der Waals surface area contributed by atoms with Crippen molar-refractivity contribution in [2.75, 3.05) is 7.05 Å². The summed E-state index contributed by atoms with van der Waals surface area (Å²) in [5.41, 5.74) is 3.04. The highest BCUT2D eigenvalue weighted by Crippen LogP contribution is 2.34. The summed E-state index contributed by atoms with van der Waals surface area (Å²) in [7, 11) is 3.86. The molecule has 4 nitrogen and oxygen atoms in total. The summed E-state index contributed by atoms with van der Waals surface area (Å²) in [4.78, 5) is 0. The number of ether oxygens (including phenoxy) is 1. The second-order valence-electron chi connectivity index (χ2n) is 4.92. The lowest BCUT2D eigenvalue weighted by Crippen LogP contribution is -2.13. The summed E-state index contributed by atoms with van der Waals surface area (Å²) in [6.07, 6.45) is 0. The van der Waals surface area contributed by atoms with E-state index in [1.807, 2.05) is 44.8 Å². The number of halogens is 1. The molecule has 2 rings (SSSR count). The van der Waals surface area contributed by atoms with E-state index >= 15 is 0 Å². The molecule has 1 atom stereocenters. The van der Waals surface area contributed by atoms with Gasteiger partial charge in [-0.3, -0.25) is 4.68 Å². The second-order valence-corrected chi connectivity index (χ2v) is 5.83. The van der Waals surface area contributed by atoms with Crippen LogP contribution >= 0.6 is 15.9 Å². The summed E-state index contributed by atoms with van der Waals surface area (Å²) in [5.74, 6) is 1.69. The van der Waals surface area contributed by atoms with Crippen molar-refractivity contribution in [3.63, 3.8) is 0 Å². The fraction of sp³-hybridized carbons (Fsp3) is 0.400. The van der Waals surface area contributed by atoms with Crippen molar-refractivity contribution < 1.29 is 4.74 Å². The number of aryl methyl sites for hydroxylation is 2. The van der Waals surface area contributed by atoms with Crippen LogP contribution in [0.2, 0.25) is 0 Å². The molecule has 0 amide bonds. The fourth-order valence-corrected chi connectivity index (χ4v) is 2.50. The zero-order valence-corrected chi connectivity index (χ0v) is 14.1. The first kappa shape index (κ1) is 15.1. The molecule has 1 N–H and O–H groups in total. The molecular weight excluding hydrogens is 318 g/mol. The number of nitrogens with zero attached hydrogens (tertiary/aromatic N) is 2. The van der Waals surface area contributed by atoms with Crippen LogP contribution in [0.15, 0.2) is 22.7 Å². The third kappa shape index (κ3) is 2.88. The van der Waals surface area contributed by atoms with Gasteiger partial charge in [-0.25, -0.2) is 0 Å². The molecule has 0 saturated carbocycles. The molecule has 0 saturated heterocycles. The van der Waals surface area contributed by atoms with E-state index in [4.69, 9.17) is 4.74 Å². The Kier molecular flexibility index (Phi) is 4.50. The van der Waals surface area contributed by atoms with Gasteiger partial charge < -0.3 is 10.1 Å². The fourth-order valence-electron chi connectivity index (χ4n) is 2.12. The van der Waals surface area contributed by atoms with Gasteiger partial charge in [0.25, 0.3) is 0 Å². The molecule has 0 bridgehead atoms. The Morgan fingerprint density at radius 1 is 1.35 bits per heavy atom. The maximum absolute atomic E-state index is 6.13. The van der Waals surface area contributed by atoms with Gasteiger partial charge >= 0.3 is 0 Å². The van der Waals surface area contributed by atoms with E-state index in [-0.39, 0.29) is 6.04 Å². The molecule has 1 aromatic heterocycles. The van der Waals surface area contributed by atoms with Gasteiger partial charge in [0.15, 0.2) is 5.75 Å². The number of hydrogen-bond donors (Lipinski definition) is 1. The van der Waals surface area contributed by atoms with Crippen LogP contribution in [0.25, 0.3) is 0 Å². The Hall–Kier alpha value is -1.33. The maximum Gasteiger partial charge on any atom is 0.171 e. The third-order valence-electron chi connectivity index (χ3n) is 3.53. The van der Waals surface area contributed by atoms with E-state index in [0.29, 0.717) is 0 Å². The average molecular weight is 338 g/mol. The summed E-state index contributed by atoms with van der Waals surface area (Å²) >= 11 is 3.51. The maximum atomic E-state index is 6.13. The molecule has 5 heteroatoms. The highest BCUT2D eigenvalue weighted by atomic mass is 79.9. The Morgan fingerprint density at radius 3 is 2.60 bits per heavy atom. The Morgan fingerprint density at radius 2 is 2.05 bits per heavy atom. The van der Waals surface area contributed by atoms with Gasteiger partial charge in [0.05, 0.1) is 5.69 Å². The predicted octanol–water partition coefficient (Wildman–Crippen LogP) is 3.87. The Labute approximate surface area is 128 Å². The minimum Gasteiger partial charge on any atom is -0.453 e. The largest absolute Gasteiger partial charge is 0.453 e. The molecule has 20 heavy (non-hydrogen) atoms. The first-order valence-electron chi connectivity index (χ1n) is 6.58. The van der Waals surface area contributed by atoms with Gasteiger partial charge in [-0.15, -0.1) is 0 Å². The minimum atomic E-state index is 0.208. The summed E-state index contributed by atoms with van der Waals surface area (Å²) in [6, 6.07) is 6.26. The summed E-state index contributed by atoms with van der Waals surface area (Å²) in [5, 5.41) is 7.63. The first-order valence-corrected chi connectivity index (χ1v) is 7.38. The Bertz CT molecular complexity index is 622. The third-order valence-corrected chi connectivity index (χ3v) is 4.02. The summed E-state index contributed by atoms with van der Waals surface area (Å²) in [6.45, 7) is 6.08. The van der Waals surface area contributed by atoms with Crippen molar-refractivity contribution in [3.8, 4) is 11.5 Å². The van der Waals surface area contributed by atoms with Crippen LogP contribution in [0.3, 0.4) is 0 Å². The van der Waals surface area contributed by atoms with E-state index in [0.717, 1.165) is 32.9 Å². The molecule has 1 heterocycles. The molecule has 0 aliphatic rings. The van der Waals surface area contributed by atoms with E-state index < -0.39 is 0 Å². The molecular formula is C15H20BrN3O. The van der Waals surface area contributed by atoms with Crippen molar-refractivity contribution in [3.05, 3.63) is 39.6 Å². The van der Waals surface area contributed by atoms with E-state index in [1.54, 1.807) is 0 Å². The van der Waals surface area contributed by atoms with E-state index in [1.165, 1.54) is 0 Å². The lowest BCUT2D eigenvalue weighted by atomic mass is 10.1. The average Bonchev–Trinajstić information content (AvgIpc) is 2.66. The molecule has 0 radical (unpaired) electrons. The van der Waals surface area contributed by atoms with Crippen LogP contribution in [-0.4, -0.2) is 16.8 Å². The Balaban J connectivity index is 2.43.